The number of benzene rings is 1. The van der Waals surface area contributed by atoms with Crippen LogP contribution < -0.4 is 14.8 Å². The van der Waals surface area contributed by atoms with Gasteiger partial charge < -0.3 is 14.8 Å². The molecule has 1 aliphatic rings. The minimum absolute atomic E-state index is 0.213. The van der Waals surface area contributed by atoms with Crippen LogP contribution in [0.5, 0.6) is 11.5 Å². The molecule has 1 N–H and O–H groups in total. The second-order valence-corrected chi connectivity index (χ2v) is 5.44. The standard InChI is InChI=1S/C16H25NO2/c1-17-12-16(9-5-4-6-10-16)14-8-7-13(18-2)11-15(14)19-3/h7-8,11,17H,4-6,9-10,12H2,1-3H3. The molecule has 1 aromatic rings. The maximum Gasteiger partial charge on any atom is 0.126 e. The zero-order valence-electron chi connectivity index (χ0n) is 12.3. The van der Waals surface area contributed by atoms with Gasteiger partial charge in [-0.2, -0.15) is 0 Å². The van der Waals surface area contributed by atoms with Gasteiger partial charge in [0.15, 0.2) is 0 Å². The summed E-state index contributed by atoms with van der Waals surface area (Å²) in [4.78, 5) is 0. The third-order valence-electron chi connectivity index (χ3n) is 4.31. The number of likely N-dealkylation sites (N-methyl/N-ethyl adjacent to an activating group) is 1. The van der Waals surface area contributed by atoms with Crippen molar-refractivity contribution < 1.29 is 9.47 Å². The van der Waals surface area contributed by atoms with Crippen molar-refractivity contribution in [2.24, 2.45) is 0 Å². The van der Waals surface area contributed by atoms with Gasteiger partial charge >= 0.3 is 0 Å². The molecule has 1 saturated carbocycles. The Morgan fingerprint density at radius 1 is 1.11 bits per heavy atom. The highest BCUT2D eigenvalue weighted by Crippen LogP contribution is 2.43. The third-order valence-corrected chi connectivity index (χ3v) is 4.31. The topological polar surface area (TPSA) is 30.5 Å². The maximum absolute atomic E-state index is 5.60. The molecule has 0 heterocycles. The summed E-state index contributed by atoms with van der Waals surface area (Å²) < 4.78 is 10.9. The smallest absolute Gasteiger partial charge is 0.126 e. The van der Waals surface area contributed by atoms with E-state index >= 15 is 0 Å². The molecule has 106 valence electrons. The van der Waals surface area contributed by atoms with E-state index in [-0.39, 0.29) is 5.41 Å². The SMILES string of the molecule is CNCC1(c2ccc(OC)cc2OC)CCCCC1. The summed E-state index contributed by atoms with van der Waals surface area (Å²) in [6.45, 7) is 1.01. The molecule has 0 saturated heterocycles. The largest absolute Gasteiger partial charge is 0.497 e. The Morgan fingerprint density at radius 2 is 1.84 bits per heavy atom. The van der Waals surface area contributed by atoms with Crippen molar-refractivity contribution in [2.75, 3.05) is 27.8 Å². The maximum atomic E-state index is 5.60. The molecule has 19 heavy (non-hydrogen) atoms. The molecule has 2 rings (SSSR count). The number of ether oxygens (including phenoxy) is 2. The molecular weight excluding hydrogens is 238 g/mol. The van der Waals surface area contributed by atoms with E-state index in [4.69, 9.17) is 9.47 Å². The lowest BCUT2D eigenvalue weighted by molar-refractivity contribution is 0.274. The molecule has 0 bridgehead atoms. The normalized spacial score (nSPS) is 18.1. The fourth-order valence-electron chi connectivity index (χ4n) is 3.34. The Morgan fingerprint density at radius 3 is 2.42 bits per heavy atom. The van der Waals surface area contributed by atoms with Crippen molar-refractivity contribution in [3.05, 3.63) is 23.8 Å². The van der Waals surface area contributed by atoms with E-state index in [2.05, 4.69) is 11.4 Å². The fraction of sp³-hybridized carbons (Fsp3) is 0.625. The Balaban J connectivity index is 2.40. The van der Waals surface area contributed by atoms with E-state index in [9.17, 15) is 0 Å². The Labute approximate surface area is 116 Å². The lowest BCUT2D eigenvalue weighted by Crippen LogP contribution is -2.39. The van der Waals surface area contributed by atoms with E-state index in [0.29, 0.717) is 0 Å². The van der Waals surface area contributed by atoms with E-state index < -0.39 is 0 Å². The first-order valence-electron chi connectivity index (χ1n) is 7.13. The minimum Gasteiger partial charge on any atom is -0.497 e. The molecule has 1 aliphatic carbocycles. The molecule has 0 atom stereocenters. The van der Waals surface area contributed by atoms with E-state index in [1.165, 1.54) is 37.7 Å². The van der Waals surface area contributed by atoms with Crippen LogP contribution in [0.15, 0.2) is 18.2 Å². The Hall–Kier alpha value is -1.22. The summed E-state index contributed by atoms with van der Waals surface area (Å²) in [5.74, 6) is 1.81. The number of methoxy groups -OCH3 is 2. The molecule has 0 aromatic heterocycles. The first-order valence-corrected chi connectivity index (χ1v) is 7.13. The van der Waals surface area contributed by atoms with Crippen LogP contribution in [0.1, 0.15) is 37.7 Å². The van der Waals surface area contributed by atoms with E-state index in [0.717, 1.165) is 18.0 Å². The molecule has 3 heteroatoms. The first kappa shape index (κ1) is 14.2. The van der Waals surface area contributed by atoms with Gasteiger partial charge in [0.2, 0.25) is 0 Å². The molecule has 0 amide bonds. The third kappa shape index (κ3) is 2.86. The van der Waals surface area contributed by atoms with Gasteiger partial charge in [-0.15, -0.1) is 0 Å². The van der Waals surface area contributed by atoms with Crippen molar-refractivity contribution in [2.45, 2.75) is 37.5 Å². The van der Waals surface area contributed by atoms with Gasteiger partial charge in [0, 0.05) is 23.6 Å². The molecule has 1 aromatic carbocycles. The number of rotatable bonds is 5. The van der Waals surface area contributed by atoms with E-state index in [1.54, 1.807) is 14.2 Å². The summed E-state index contributed by atoms with van der Waals surface area (Å²) in [6, 6.07) is 6.23. The highest BCUT2D eigenvalue weighted by atomic mass is 16.5. The van der Waals surface area contributed by atoms with Crippen LogP contribution in [0.2, 0.25) is 0 Å². The summed E-state index contributed by atoms with van der Waals surface area (Å²) in [5.41, 5.74) is 1.54. The second-order valence-electron chi connectivity index (χ2n) is 5.44. The van der Waals surface area contributed by atoms with Crippen LogP contribution in [0.25, 0.3) is 0 Å². The predicted octanol–water partition coefficient (Wildman–Crippen LogP) is 3.13. The summed E-state index contributed by atoms with van der Waals surface area (Å²) >= 11 is 0. The number of hydrogen-bond acceptors (Lipinski definition) is 3. The van der Waals surface area contributed by atoms with Crippen molar-refractivity contribution in [3.63, 3.8) is 0 Å². The molecular formula is C16H25NO2. The molecule has 0 unspecified atom stereocenters. The predicted molar refractivity (Wildman–Crippen MR) is 78.2 cm³/mol. The first-order chi connectivity index (χ1) is 9.25. The molecule has 0 radical (unpaired) electrons. The number of hydrogen-bond donors (Lipinski definition) is 1. The van der Waals surface area contributed by atoms with Gasteiger partial charge in [-0.3, -0.25) is 0 Å². The van der Waals surface area contributed by atoms with Gasteiger partial charge in [-0.1, -0.05) is 25.3 Å². The van der Waals surface area contributed by atoms with Crippen molar-refractivity contribution in [3.8, 4) is 11.5 Å². The monoisotopic (exact) mass is 263 g/mol. The van der Waals surface area contributed by atoms with Crippen molar-refractivity contribution >= 4 is 0 Å². The van der Waals surface area contributed by atoms with E-state index in [1.807, 2.05) is 19.2 Å². The molecule has 0 aliphatic heterocycles. The lowest BCUT2D eigenvalue weighted by atomic mass is 9.69. The van der Waals surface area contributed by atoms with Gasteiger partial charge in [-0.25, -0.2) is 0 Å². The summed E-state index contributed by atoms with van der Waals surface area (Å²) in [7, 11) is 5.47. The van der Waals surface area contributed by atoms with Crippen LogP contribution in [-0.4, -0.2) is 27.8 Å². The Kier molecular flexibility index (Phi) is 4.70. The van der Waals surface area contributed by atoms with Crippen LogP contribution in [0.3, 0.4) is 0 Å². The van der Waals surface area contributed by atoms with Gasteiger partial charge in [0.1, 0.15) is 11.5 Å². The van der Waals surface area contributed by atoms with Crippen LogP contribution >= 0.6 is 0 Å². The second kappa shape index (κ2) is 6.29. The zero-order chi connectivity index (χ0) is 13.7. The summed E-state index contributed by atoms with van der Waals surface area (Å²) in [6.07, 6.45) is 6.42. The average Bonchev–Trinajstić information content (AvgIpc) is 2.47. The van der Waals surface area contributed by atoms with Gasteiger partial charge in [0.25, 0.3) is 0 Å². The zero-order valence-corrected chi connectivity index (χ0v) is 12.3. The minimum atomic E-state index is 0.213. The van der Waals surface area contributed by atoms with Crippen molar-refractivity contribution in [1.29, 1.82) is 0 Å². The molecule has 3 nitrogen and oxygen atoms in total. The lowest BCUT2D eigenvalue weighted by Gasteiger charge is -2.38. The highest BCUT2D eigenvalue weighted by Gasteiger charge is 2.35. The van der Waals surface area contributed by atoms with Gasteiger partial charge in [0.05, 0.1) is 14.2 Å². The average molecular weight is 263 g/mol. The van der Waals surface area contributed by atoms with Crippen LogP contribution in [0, 0.1) is 0 Å². The number of nitrogens with one attached hydrogen (secondary N) is 1. The van der Waals surface area contributed by atoms with Gasteiger partial charge in [-0.05, 0) is 26.0 Å². The molecule has 0 spiro atoms. The van der Waals surface area contributed by atoms with Crippen LogP contribution in [-0.2, 0) is 5.41 Å². The van der Waals surface area contributed by atoms with Crippen molar-refractivity contribution in [1.82, 2.24) is 5.32 Å². The quantitative estimate of drug-likeness (QED) is 0.885. The highest BCUT2D eigenvalue weighted by molar-refractivity contribution is 5.45. The fourth-order valence-corrected chi connectivity index (χ4v) is 3.34. The summed E-state index contributed by atoms with van der Waals surface area (Å²) in [5, 5.41) is 3.37. The molecule has 1 fully saturated rings. The van der Waals surface area contributed by atoms with Crippen LogP contribution in [0.4, 0.5) is 0 Å². The Bertz CT molecular complexity index is 406.